The molecule has 2 unspecified atom stereocenters. The average molecular weight is 870 g/mol. The van der Waals surface area contributed by atoms with Crippen LogP contribution in [0.3, 0.4) is 0 Å². The Morgan fingerprint density at radius 1 is 0.452 bits per heavy atom. The standard InChI is InChI=1S/C56H103NO5/c1-3-5-7-9-11-13-15-17-19-20-21-22-23-25-26-28-32-36-40-44-48-54(59)53(52-58)57-55(60)49-45-41-37-33-30-31-35-39-43-47-51-62-56(61)50-46-42-38-34-29-27-24-18-16-14-12-10-8-6-4-2/h12,14,18,24,31,35,44,48,53-54,58-59H,3-11,13,15-17,19-23,25-30,32-34,36-43,45-47,49-52H2,1-2H3,(H,57,60)/b14-12-,24-18-,35-31-,48-44+. The summed E-state index contributed by atoms with van der Waals surface area (Å²) in [5, 5.41) is 23.1. The van der Waals surface area contributed by atoms with Crippen LogP contribution in [-0.4, -0.2) is 47.4 Å². The number of esters is 1. The second-order valence-electron chi connectivity index (χ2n) is 18.2. The van der Waals surface area contributed by atoms with Crippen LogP contribution in [0.15, 0.2) is 48.6 Å². The maximum absolute atomic E-state index is 12.4. The predicted octanol–water partition coefficient (Wildman–Crippen LogP) is 16.2. The first-order valence-corrected chi connectivity index (χ1v) is 26.9. The predicted molar refractivity (Wildman–Crippen MR) is 269 cm³/mol. The number of carbonyl (C=O) groups excluding carboxylic acids is 2. The summed E-state index contributed by atoms with van der Waals surface area (Å²) in [6, 6.07) is -0.656. The van der Waals surface area contributed by atoms with Gasteiger partial charge in [0.05, 0.1) is 25.4 Å². The highest BCUT2D eigenvalue weighted by Gasteiger charge is 2.18. The van der Waals surface area contributed by atoms with Gasteiger partial charge in [-0.3, -0.25) is 9.59 Å². The number of rotatable bonds is 49. The first kappa shape index (κ1) is 59.8. The molecule has 2 atom stereocenters. The zero-order valence-corrected chi connectivity index (χ0v) is 41.1. The summed E-state index contributed by atoms with van der Waals surface area (Å²) < 4.78 is 5.42. The molecule has 362 valence electrons. The van der Waals surface area contributed by atoms with Crippen molar-refractivity contribution >= 4 is 11.9 Å². The fraction of sp³-hybridized carbons (Fsp3) is 0.821. The Labute approximate surface area is 385 Å². The topological polar surface area (TPSA) is 95.9 Å². The molecule has 0 aromatic heterocycles. The Morgan fingerprint density at radius 2 is 0.806 bits per heavy atom. The van der Waals surface area contributed by atoms with Crippen LogP contribution in [0.1, 0.15) is 271 Å². The van der Waals surface area contributed by atoms with E-state index >= 15 is 0 Å². The highest BCUT2D eigenvalue weighted by molar-refractivity contribution is 5.76. The van der Waals surface area contributed by atoms with E-state index in [1.807, 2.05) is 6.08 Å². The van der Waals surface area contributed by atoms with Crippen molar-refractivity contribution in [3.8, 4) is 0 Å². The third-order valence-electron chi connectivity index (χ3n) is 12.1. The first-order chi connectivity index (χ1) is 30.5. The number of hydrogen-bond donors (Lipinski definition) is 3. The van der Waals surface area contributed by atoms with Gasteiger partial charge in [-0.2, -0.15) is 0 Å². The molecule has 0 aliphatic heterocycles. The van der Waals surface area contributed by atoms with Gasteiger partial charge in [0, 0.05) is 12.8 Å². The molecule has 0 radical (unpaired) electrons. The van der Waals surface area contributed by atoms with Crippen molar-refractivity contribution in [3.05, 3.63) is 48.6 Å². The molecule has 0 saturated carbocycles. The molecule has 1 amide bonds. The summed E-state index contributed by atoms with van der Waals surface area (Å²) in [5.74, 6) is -0.157. The van der Waals surface area contributed by atoms with Crippen molar-refractivity contribution in [1.82, 2.24) is 5.32 Å². The quantitative estimate of drug-likeness (QED) is 0.0322. The lowest BCUT2D eigenvalue weighted by Gasteiger charge is -2.20. The first-order valence-electron chi connectivity index (χ1n) is 26.9. The summed E-state index contributed by atoms with van der Waals surface area (Å²) in [6.45, 7) is 4.78. The van der Waals surface area contributed by atoms with Crippen LogP contribution in [0.4, 0.5) is 0 Å². The van der Waals surface area contributed by atoms with Crippen LogP contribution in [0.5, 0.6) is 0 Å². The fourth-order valence-electron chi connectivity index (χ4n) is 7.89. The highest BCUT2D eigenvalue weighted by Crippen LogP contribution is 2.16. The Hall–Kier alpha value is -2.18. The molecule has 0 saturated heterocycles. The lowest BCUT2D eigenvalue weighted by Crippen LogP contribution is -2.45. The van der Waals surface area contributed by atoms with Crippen molar-refractivity contribution in [1.29, 1.82) is 0 Å². The number of aliphatic hydroxyl groups excluding tert-OH is 2. The van der Waals surface area contributed by atoms with Crippen molar-refractivity contribution in [2.24, 2.45) is 0 Å². The van der Waals surface area contributed by atoms with E-state index in [2.05, 4.69) is 55.6 Å². The van der Waals surface area contributed by atoms with Gasteiger partial charge in [0.2, 0.25) is 5.91 Å². The summed E-state index contributed by atoms with van der Waals surface area (Å²) in [7, 11) is 0. The Kier molecular flexibility index (Phi) is 49.6. The zero-order chi connectivity index (χ0) is 45.1. The molecule has 62 heavy (non-hydrogen) atoms. The lowest BCUT2D eigenvalue weighted by molar-refractivity contribution is -0.143. The molecule has 3 N–H and O–H groups in total. The minimum absolute atomic E-state index is 0.0528. The average Bonchev–Trinajstić information content (AvgIpc) is 3.27. The molecule has 0 rings (SSSR count). The van der Waals surface area contributed by atoms with Gasteiger partial charge in [0.25, 0.3) is 0 Å². The van der Waals surface area contributed by atoms with Crippen molar-refractivity contribution in [3.63, 3.8) is 0 Å². The van der Waals surface area contributed by atoms with Crippen molar-refractivity contribution < 1.29 is 24.5 Å². The number of carbonyl (C=O) groups is 2. The summed E-state index contributed by atoms with van der Waals surface area (Å²) in [6.07, 6.45) is 64.0. The maximum Gasteiger partial charge on any atom is 0.305 e. The number of unbranched alkanes of at least 4 members (excludes halogenated alkanes) is 32. The largest absolute Gasteiger partial charge is 0.466 e. The Morgan fingerprint density at radius 3 is 1.27 bits per heavy atom. The van der Waals surface area contributed by atoms with Crippen molar-refractivity contribution in [2.75, 3.05) is 13.2 Å². The number of nitrogens with one attached hydrogen (secondary N) is 1. The summed E-state index contributed by atoms with van der Waals surface area (Å²) >= 11 is 0. The van der Waals surface area contributed by atoms with E-state index in [-0.39, 0.29) is 18.5 Å². The summed E-state index contributed by atoms with van der Waals surface area (Å²) in [4.78, 5) is 24.5. The highest BCUT2D eigenvalue weighted by atomic mass is 16.5. The molecule has 0 aliphatic rings. The Bertz CT molecular complexity index is 1050. The maximum atomic E-state index is 12.4. The minimum Gasteiger partial charge on any atom is -0.466 e. The molecule has 6 nitrogen and oxygen atoms in total. The smallest absolute Gasteiger partial charge is 0.305 e. The molecule has 0 spiro atoms. The van der Waals surface area contributed by atoms with Gasteiger partial charge >= 0.3 is 5.97 Å². The molecule has 0 aliphatic carbocycles. The van der Waals surface area contributed by atoms with Gasteiger partial charge in [-0.05, 0) is 89.9 Å². The van der Waals surface area contributed by atoms with Gasteiger partial charge in [0.15, 0.2) is 0 Å². The van der Waals surface area contributed by atoms with Crippen LogP contribution in [-0.2, 0) is 14.3 Å². The van der Waals surface area contributed by atoms with Crippen LogP contribution >= 0.6 is 0 Å². The molecule has 0 aromatic rings. The van der Waals surface area contributed by atoms with Crippen LogP contribution < -0.4 is 5.32 Å². The third kappa shape index (κ3) is 47.3. The van der Waals surface area contributed by atoms with Crippen LogP contribution in [0, 0.1) is 0 Å². The molecule has 6 heteroatoms. The van der Waals surface area contributed by atoms with Gasteiger partial charge in [-0.25, -0.2) is 0 Å². The number of amides is 1. The van der Waals surface area contributed by atoms with Crippen LogP contribution in [0.2, 0.25) is 0 Å². The van der Waals surface area contributed by atoms with E-state index in [4.69, 9.17) is 4.74 Å². The van der Waals surface area contributed by atoms with Gasteiger partial charge < -0.3 is 20.3 Å². The second kappa shape index (κ2) is 51.5. The second-order valence-corrected chi connectivity index (χ2v) is 18.2. The zero-order valence-electron chi connectivity index (χ0n) is 41.1. The molecule has 0 fully saturated rings. The lowest BCUT2D eigenvalue weighted by atomic mass is 10.0. The number of hydrogen-bond acceptors (Lipinski definition) is 5. The SMILES string of the molecule is CCCCC/C=C\C/C=C\CCCCCCCC(=O)OCCCC/C=C\CCCCCCC(=O)NC(CO)C(O)/C=C/CCCCCCCCCCCCCCCCCCCC. The van der Waals surface area contributed by atoms with E-state index in [9.17, 15) is 19.8 Å². The third-order valence-corrected chi connectivity index (χ3v) is 12.1. The van der Waals surface area contributed by atoms with Crippen molar-refractivity contribution in [2.45, 2.75) is 283 Å². The van der Waals surface area contributed by atoms with Gasteiger partial charge in [-0.1, -0.05) is 217 Å². The molecule has 0 bridgehead atoms. The molecular formula is C56H103NO5. The Balaban J connectivity index is 3.58. The van der Waals surface area contributed by atoms with Gasteiger partial charge in [-0.15, -0.1) is 0 Å². The monoisotopic (exact) mass is 870 g/mol. The van der Waals surface area contributed by atoms with E-state index < -0.39 is 12.1 Å². The molecule has 0 aromatic carbocycles. The molecular weight excluding hydrogens is 767 g/mol. The van der Waals surface area contributed by atoms with E-state index in [0.29, 0.717) is 19.4 Å². The van der Waals surface area contributed by atoms with E-state index in [1.54, 1.807) is 6.08 Å². The number of aliphatic hydroxyl groups is 2. The van der Waals surface area contributed by atoms with Crippen LogP contribution in [0.25, 0.3) is 0 Å². The summed E-state index contributed by atoms with van der Waals surface area (Å²) in [5.41, 5.74) is 0. The van der Waals surface area contributed by atoms with E-state index in [0.717, 1.165) is 89.9 Å². The molecule has 0 heterocycles. The number of ether oxygens (including phenoxy) is 1. The minimum atomic E-state index is -0.868. The fourth-order valence-corrected chi connectivity index (χ4v) is 7.89. The normalized spacial score (nSPS) is 13.0. The van der Waals surface area contributed by atoms with E-state index in [1.165, 1.54) is 154 Å². The number of allylic oxidation sites excluding steroid dienone is 7. The van der Waals surface area contributed by atoms with Gasteiger partial charge in [0.1, 0.15) is 0 Å².